The van der Waals surface area contributed by atoms with Crippen LogP contribution in [-0.2, 0) is 4.79 Å². The maximum Gasteiger partial charge on any atom is 0.328 e. The SMILES string of the molecule is C=C(Br)COc1ccc(/C=C/C(=O)O)cc1OCC. The van der Waals surface area contributed by atoms with Crippen LogP contribution in [0.3, 0.4) is 0 Å². The summed E-state index contributed by atoms with van der Waals surface area (Å²) >= 11 is 3.21. The third-order valence-electron chi connectivity index (χ3n) is 2.07. The molecule has 0 aliphatic rings. The van der Waals surface area contributed by atoms with E-state index in [0.29, 0.717) is 24.7 Å². The highest BCUT2D eigenvalue weighted by atomic mass is 79.9. The first-order valence-electron chi connectivity index (χ1n) is 5.67. The fraction of sp³-hybridized carbons (Fsp3) is 0.214. The summed E-state index contributed by atoms with van der Waals surface area (Å²) in [7, 11) is 0. The van der Waals surface area contributed by atoms with Crippen LogP contribution in [0.2, 0.25) is 0 Å². The summed E-state index contributed by atoms with van der Waals surface area (Å²) in [6.07, 6.45) is 2.57. The number of benzene rings is 1. The van der Waals surface area contributed by atoms with Crippen LogP contribution in [0, 0.1) is 0 Å². The standard InChI is InChI=1S/C14H15BrO4/c1-3-18-13-8-11(5-7-14(16)17)4-6-12(13)19-9-10(2)15/h4-8H,2-3,9H2,1H3,(H,16,17)/b7-5+. The molecule has 0 unspecified atom stereocenters. The summed E-state index contributed by atoms with van der Waals surface area (Å²) in [5.41, 5.74) is 0.732. The maximum absolute atomic E-state index is 10.5. The van der Waals surface area contributed by atoms with Crippen molar-refractivity contribution in [1.82, 2.24) is 0 Å². The lowest BCUT2D eigenvalue weighted by molar-refractivity contribution is -0.131. The van der Waals surface area contributed by atoms with E-state index in [1.165, 1.54) is 6.08 Å². The second kappa shape index (κ2) is 7.63. The first-order valence-corrected chi connectivity index (χ1v) is 6.46. The van der Waals surface area contributed by atoms with E-state index < -0.39 is 5.97 Å². The smallest absolute Gasteiger partial charge is 0.328 e. The summed E-state index contributed by atoms with van der Waals surface area (Å²) in [5, 5.41) is 8.59. The number of hydrogen-bond acceptors (Lipinski definition) is 3. The molecule has 4 nitrogen and oxygen atoms in total. The van der Waals surface area contributed by atoms with E-state index in [1.807, 2.05) is 6.92 Å². The van der Waals surface area contributed by atoms with Gasteiger partial charge in [-0.15, -0.1) is 0 Å². The second-order valence-corrected chi connectivity index (χ2v) is 4.74. The maximum atomic E-state index is 10.5. The second-order valence-electron chi connectivity index (χ2n) is 3.62. The summed E-state index contributed by atoms with van der Waals surface area (Å²) in [5.74, 6) is 0.174. The summed E-state index contributed by atoms with van der Waals surface area (Å²) in [6, 6.07) is 5.23. The van der Waals surface area contributed by atoms with Crippen LogP contribution in [-0.4, -0.2) is 24.3 Å². The molecule has 102 valence electrons. The molecule has 1 aromatic carbocycles. The van der Waals surface area contributed by atoms with Crippen molar-refractivity contribution in [3.8, 4) is 11.5 Å². The molecule has 0 fully saturated rings. The minimum absolute atomic E-state index is 0.338. The van der Waals surface area contributed by atoms with Crippen LogP contribution in [0.1, 0.15) is 12.5 Å². The Morgan fingerprint density at radius 3 is 2.74 bits per heavy atom. The molecule has 0 radical (unpaired) electrons. The van der Waals surface area contributed by atoms with Crippen molar-refractivity contribution in [3.63, 3.8) is 0 Å². The molecule has 1 rings (SSSR count). The highest BCUT2D eigenvalue weighted by molar-refractivity contribution is 9.11. The molecule has 0 spiro atoms. The Bertz CT molecular complexity index is 494. The quantitative estimate of drug-likeness (QED) is 0.779. The Hall–Kier alpha value is -1.75. The molecular weight excluding hydrogens is 312 g/mol. The molecule has 0 bridgehead atoms. The zero-order chi connectivity index (χ0) is 14.3. The molecular formula is C14H15BrO4. The molecule has 0 aliphatic heterocycles. The van der Waals surface area contributed by atoms with Gasteiger partial charge >= 0.3 is 5.97 Å². The molecule has 1 aromatic rings. The average molecular weight is 327 g/mol. The first-order chi connectivity index (χ1) is 9.02. The topological polar surface area (TPSA) is 55.8 Å². The molecule has 0 saturated carbocycles. The van der Waals surface area contributed by atoms with Gasteiger partial charge in [-0.3, -0.25) is 0 Å². The minimum Gasteiger partial charge on any atom is -0.490 e. The lowest BCUT2D eigenvalue weighted by Crippen LogP contribution is -2.00. The van der Waals surface area contributed by atoms with Crippen molar-refractivity contribution in [2.45, 2.75) is 6.92 Å². The van der Waals surface area contributed by atoms with Gasteiger partial charge < -0.3 is 14.6 Å². The van der Waals surface area contributed by atoms with Crippen molar-refractivity contribution in [2.24, 2.45) is 0 Å². The van der Waals surface area contributed by atoms with Gasteiger partial charge in [-0.1, -0.05) is 28.6 Å². The van der Waals surface area contributed by atoms with Gasteiger partial charge in [0.25, 0.3) is 0 Å². The van der Waals surface area contributed by atoms with Crippen molar-refractivity contribution >= 4 is 28.0 Å². The Morgan fingerprint density at radius 2 is 2.16 bits per heavy atom. The van der Waals surface area contributed by atoms with E-state index in [4.69, 9.17) is 14.6 Å². The van der Waals surface area contributed by atoms with Gasteiger partial charge in [-0.25, -0.2) is 4.79 Å². The number of rotatable bonds is 7. The normalized spacial score (nSPS) is 10.4. The number of hydrogen-bond donors (Lipinski definition) is 1. The summed E-state index contributed by atoms with van der Waals surface area (Å²) in [6.45, 7) is 6.39. The van der Waals surface area contributed by atoms with E-state index in [9.17, 15) is 4.79 Å². The number of carboxylic acids is 1. The van der Waals surface area contributed by atoms with Gasteiger partial charge in [-0.05, 0) is 30.7 Å². The van der Waals surface area contributed by atoms with Crippen molar-refractivity contribution in [2.75, 3.05) is 13.2 Å². The lowest BCUT2D eigenvalue weighted by Gasteiger charge is -2.12. The van der Waals surface area contributed by atoms with Crippen molar-refractivity contribution in [3.05, 3.63) is 40.9 Å². The summed E-state index contributed by atoms with van der Waals surface area (Å²) < 4.78 is 11.7. The van der Waals surface area contributed by atoms with Crippen LogP contribution < -0.4 is 9.47 Å². The Balaban J connectivity index is 2.93. The molecule has 0 heterocycles. The van der Waals surface area contributed by atoms with Gasteiger partial charge in [0.2, 0.25) is 0 Å². The van der Waals surface area contributed by atoms with Crippen LogP contribution in [0.5, 0.6) is 11.5 Å². The first kappa shape index (κ1) is 15.3. The average Bonchev–Trinajstić information content (AvgIpc) is 2.35. The third-order valence-corrected chi connectivity index (χ3v) is 2.30. The molecule has 0 amide bonds. The zero-order valence-corrected chi connectivity index (χ0v) is 12.1. The van der Waals surface area contributed by atoms with Gasteiger partial charge in [0.1, 0.15) is 6.61 Å². The molecule has 0 aromatic heterocycles. The van der Waals surface area contributed by atoms with Crippen molar-refractivity contribution < 1.29 is 19.4 Å². The number of aliphatic carboxylic acids is 1. The molecule has 19 heavy (non-hydrogen) atoms. The molecule has 0 atom stereocenters. The highest BCUT2D eigenvalue weighted by Crippen LogP contribution is 2.29. The van der Waals surface area contributed by atoms with Gasteiger partial charge in [-0.2, -0.15) is 0 Å². The monoisotopic (exact) mass is 326 g/mol. The highest BCUT2D eigenvalue weighted by Gasteiger charge is 2.06. The minimum atomic E-state index is -0.992. The molecule has 0 saturated heterocycles. The van der Waals surface area contributed by atoms with E-state index in [0.717, 1.165) is 16.1 Å². The third kappa shape index (κ3) is 5.61. The van der Waals surface area contributed by atoms with Crippen LogP contribution in [0.25, 0.3) is 6.08 Å². The predicted octanol–water partition coefficient (Wildman–Crippen LogP) is 3.47. The summed E-state index contributed by atoms with van der Waals surface area (Å²) in [4.78, 5) is 10.5. The lowest BCUT2D eigenvalue weighted by atomic mass is 10.2. The van der Waals surface area contributed by atoms with E-state index >= 15 is 0 Å². The van der Waals surface area contributed by atoms with E-state index in [1.54, 1.807) is 18.2 Å². The fourth-order valence-corrected chi connectivity index (χ4v) is 1.45. The zero-order valence-electron chi connectivity index (χ0n) is 10.6. The van der Waals surface area contributed by atoms with E-state index in [-0.39, 0.29) is 0 Å². The largest absolute Gasteiger partial charge is 0.490 e. The van der Waals surface area contributed by atoms with Gasteiger partial charge in [0.05, 0.1) is 6.61 Å². The van der Waals surface area contributed by atoms with Gasteiger partial charge in [0, 0.05) is 10.6 Å². The fourth-order valence-electron chi connectivity index (χ4n) is 1.34. The Labute approximate surface area is 120 Å². The predicted molar refractivity (Wildman–Crippen MR) is 77.8 cm³/mol. The number of carbonyl (C=O) groups is 1. The van der Waals surface area contributed by atoms with E-state index in [2.05, 4.69) is 22.5 Å². The Morgan fingerprint density at radius 1 is 1.42 bits per heavy atom. The molecule has 1 N–H and O–H groups in total. The number of ether oxygens (including phenoxy) is 2. The van der Waals surface area contributed by atoms with Crippen LogP contribution >= 0.6 is 15.9 Å². The molecule has 5 heteroatoms. The number of carboxylic acid groups (broad SMARTS) is 1. The van der Waals surface area contributed by atoms with Gasteiger partial charge in [0.15, 0.2) is 11.5 Å². The number of halogens is 1. The van der Waals surface area contributed by atoms with Crippen LogP contribution in [0.15, 0.2) is 35.3 Å². The van der Waals surface area contributed by atoms with Crippen molar-refractivity contribution in [1.29, 1.82) is 0 Å². The Kier molecular flexibility index (Phi) is 6.15. The molecule has 0 aliphatic carbocycles. The van der Waals surface area contributed by atoms with Crippen LogP contribution in [0.4, 0.5) is 0 Å².